The van der Waals surface area contributed by atoms with Gasteiger partial charge in [-0.25, -0.2) is 0 Å². The SMILES string of the molecule is CCCCCC[C@H](C)C(=O)[C@@H]1Cc2c(O)cc(O)cc2O[C@@H]1c1cc(O)c(O)c(O)c1. The maximum Gasteiger partial charge on any atom is 0.200 e. The molecule has 31 heavy (non-hydrogen) atoms. The Balaban J connectivity index is 1.95. The molecule has 0 fully saturated rings. The van der Waals surface area contributed by atoms with Gasteiger partial charge in [0, 0.05) is 29.2 Å². The van der Waals surface area contributed by atoms with Crippen LogP contribution < -0.4 is 4.74 Å². The van der Waals surface area contributed by atoms with Crippen LogP contribution in [0.1, 0.15) is 63.2 Å². The third-order valence-electron chi connectivity index (χ3n) is 5.98. The third-order valence-corrected chi connectivity index (χ3v) is 5.98. The summed E-state index contributed by atoms with van der Waals surface area (Å²) in [5, 5.41) is 49.7. The maximum atomic E-state index is 13.4. The smallest absolute Gasteiger partial charge is 0.200 e. The number of ketones is 1. The summed E-state index contributed by atoms with van der Waals surface area (Å²) in [6.07, 6.45) is 4.29. The molecule has 1 heterocycles. The van der Waals surface area contributed by atoms with E-state index in [0.29, 0.717) is 11.1 Å². The van der Waals surface area contributed by atoms with Crippen LogP contribution in [-0.4, -0.2) is 31.3 Å². The van der Waals surface area contributed by atoms with Gasteiger partial charge in [-0.15, -0.1) is 0 Å². The normalized spacial score (nSPS) is 18.8. The van der Waals surface area contributed by atoms with E-state index in [0.717, 1.165) is 32.1 Å². The van der Waals surface area contributed by atoms with Crippen LogP contribution in [0.3, 0.4) is 0 Å². The number of unbranched alkanes of at least 4 members (excludes halogenated alkanes) is 3. The molecule has 168 valence electrons. The number of carbonyl (C=O) groups is 1. The first-order valence-corrected chi connectivity index (χ1v) is 10.7. The Bertz CT molecular complexity index is 930. The van der Waals surface area contributed by atoms with E-state index < -0.39 is 29.3 Å². The number of fused-ring (bicyclic) bond motifs is 1. The number of hydrogen-bond acceptors (Lipinski definition) is 7. The summed E-state index contributed by atoms with van der Waals surface area (Å²) in [6, 6.07) is 5.06. The fourth-order valence-corrected chi connectivity index (χ4v) is 4.20. The summed E-state index contributed by atoms with van der Waals surface area (Å²) in [5.41, 5.74) is 0.746. The van der Waals surface area contributed by atoms with Gasteiger partial charge in [0.1, 0.15) is 29.1 Å². The summed E-state index contributed by atoms with van der Waals surface area (Å²) in [5.74, 6) is -2.74. The number of Topliss-reactive ketones (excluding diaryl/α,β-unsaturated/α-hetero) is 1. The molecule has 0 saturated heterocycles. The fraction of sp³-hybridized carbons (Fsp3) is 0.458. The average molecular weight is 430 g/mol. The highest BCUT2D eigenvalue weighted by molar-refractivity contribution is 5.85. The van der Waals surface area contributed by atoms with Crippen molar-refractivity contribution in [2.75, 3.05) is 0 Å². The van der Waals surface area contributed by atoms with Crippen molar-refractivity contribution in [2.45, 2.75) is 58.5 Å². The number of hydrogen-bond donors (Lipinski definition) is 5. The molecule has 3 atom stereocenters. The molecule has 0 amide bonds. The quantitative estimate of drug-likeness (QED) is 0.304. The Morgan fingerprint density at radius 3 is 2.32 bits per heavy atom. The topological polar surface area (TPSA) is 127 Å². The van der Waals surface area contributed by atoms with Gasteiger partial charge in [-0.1, -0.05) is 39.5 Å². The number of phenols is 5. The highest BCUT2D eigenvalue weighted by Gasteiger charge is 2.39. The lowest BCUT2D eigenvalue weighted by Gasteiger charge is -2.35. The van der Waals surface area contributed by atoms with Crippen LogP contribution in [0, 0.1) is 11.8 Å². The molecule has 7 nitrogen and oxygen atoms in total. The number of ether oxygens (including phenoxy) is 1. The molecular weight excluding hydrogens is 400 g/mol. The van der Waals surface area contributed by atoms with E-state index in [1.54, 1.807) is 0 Å². The zero-order chi connectivity index (χ0) is 22.7. The molecule has 0 saturated carbocycles. The molecule has 0 aromatic heterocycles. The van der Waals surface area contributed by atoms with Crippen molar-refractivity contribution in [3.05, 3.63) is 35.4 Å². The molecule has 7 heteroatoms. The first-order chi connectivity index (χ1) is 14.7. The van der Waals surface area contributed by atoms with Crippen LogP contribution >= 0.6 is 0 Å². The van der Waals surface area contributed by atoms with Gasteiger partial charge in [-0.2, -0.15) is 0 Å². The number of aromatic hydroxyl groups is 5. The van der Waals surface area contributed by atoms with Gasteiger partial charge in [0.15, 0.2) is 17.2 Å². The molecule has 0 spiro atoms. The fourth-order valence-electron chi connectivity index (χ4n) is 4.20. The lowest BCUT2D eigenvalue weighted by Crippen LogP contribution is -2.35. The Kier molecular flexibility index (Phi) is 6.83. The predicted octanol–water partition coefficient (Wildman–Crippen LogP) is 4.68. The third kappa shape index (κ3) is 4.81. The summed E-state index contributed by atoms with van der Waals surface area (Å²) in [6.45, 7) is 4.01. The summed E-state index contributed by atoms with van der Waals surface area (Å²) < 4.78 is 6.01. The number of rotatable bonds is 8. The largest absolute Gasteiger partial charge is 0.508 e. The van der Waals surface area contributed by atoms with Gasteiger partial charge in [0.05, 0.1) is 5.92 Å². The van der Waals surface area contributed by atoms with Crippen LogP contribution in [0.25, 0.3) is 0 Å². The van der Waals surface area contributed by atoms with Gasteiger partial charge >= 0.3 is 0 Å². The van der Waals surface area contributed by atoms with Crippen LogP contribution in [-0.2, 0) is 11.2 Å². The van der Waals surface area contributed by atoms with Crippen molar-refractivity contribution in [3.8, 4) is 34.5 Å². The molecule has 0 radical (unpaired) electrons. The van der Waals surface area contributed by atoms with Crippen LogP contribution in [0.2, 0.25) is 0 Å². The van der Waals surface area contributed by atoms with E-state index in [9.17, 15) is 30.3 Å². The molecule has 3 rings (SSSR count). The minimum atomic E-state index is -0.864. The standard InChI is InChI=1S/C24H30O7/c1-3-4-5-6-7-13(2)22(29)17-12-16-18(26)10-15(25)11-21(16)31-24(17)14-8-19(27)23(30)20(28)9-14/h8-11,13,17,24-28,30H,3-7,12H2,1-2H3/t13-,17-,24+/m0/s1. The van der Waals surface area contributed by atoms with E-state index in [2.05, 4.69) is 6.92 Å². The van der Waals surface area contributed by atoms with Crippen molar-refractivity contribution < 1.29 is 35.1 Å². The van der Waals surface area contributed by atoms with E-state index in [4.69, 9.17) is 4.74 Å². The zero-order valence-corrected chi connectivity index (χ0v) is 17.8. The first kappa shape index (κ1) is 22.6. The number of phenolic OH excluding ortho intramolecular Hbond substituents is 5. The first-order valence-electron chi connectivity index (χ1n) is 10.7. The zero-order valence-electron chi connectivity index (χ0n) is 17.8. The second-order valence-corrected chi connectivity index (χ2v) is 8.35. The molecule has 0 unspecified atom stereocenters. The predicted molar refractivity (Wildman–Crippen MR) is 115 cm³/mol. The molecule has 2 aromatic rings. The molecule has 0 bridgehead atoms. The Morgan fingerprint density at radius 1 is 1.00 bits per heavy atom. The van der Waals surface area contributed by atoms with Crippen molar-refractivity contribution in [1.29, 1.82) is 0 Å². The van der Waals surface area contributed by atoms with E-state index in [1.165, 1.54) is 24.3 Å². The summed E-state index contributed by atoms with van der Waals surface area (Å²) >= 11 is 0. The molecule has 0 aliphatic carbocycles. The number of benzene rings is 2. The lowest BCUT2D eigenvalue weighted by molar-refractivity contribution is -0.130. The minimum Gasteiger partial charge on any atom is -0.508 e. The van der Waals surface area contributed by atoms with Gasteiger partial charge < -0.3 is 30.3 Å². The molecule has 2 aromatic carbocycles. The Labute approximate surface area is 181 Å². The highest BCUT2D eigenvalue weighted by atomic mass is 16.5. The van der Waals surface area contributed by atoms with Gasteiger partial charge in [-0.3, -0.25) is 4.79 Å². The second kappa shape index (κ2) is 9.37. The van der Waals surface area contributed by atoms with Crippen LogP contribution in [0.15, 0.2) is 24.3 Å². The van der Waals surface area contributed by atoms with Crippen LogP contribution in [0.4, 0.5) is 0 Å². The second-order valence-electron chi connectivity index (χ2n) is 8.35. The number of carbonyl (C=O) groups excluding carboxylic acids is 1. The van der Waals surface area contributed by atoms with Crippen LogP contribution in [0.5, 0.6) is 34.5 Å². The summed E-state index contributed by atoms with van der Waals surface area (Å²) in [4.78, 5) is 13.4. The lowest BCUT2D eigenvalue weighted by atomic mass is 9.79. The maximum absolute atomic E-state index is 13.4. The summed E-state index contributed by atoms with van der Waals surface area (Å²) in [7, 11) is 0. The molecular formula is C24H30O7. The molecule has 1 aliphatic rings. The van der Waals surface area contributed by atoms with Crippen molar-refractivity contribution in [3.63, 3.8) is 0 Å². The Hall–Kier alpha value is -3.09. The monoisotopic (exact) mass is 430 g/mol. The average Bonchev–Trinajstić information content (AvgIpc) is 2.73. The molecule has 5 N–H and O–H groups in total. The Morgan fingerprint density at radius 2 is 1.68 bits per heavy atom. The van der Waals surface area contributed by atoms with Crippen molar-refractivity contribution in [1.82, 2.24) is 0 Å². The van der Waals surface area contributed by atoms with Crippen molar-refractivity contribution >= 4 is 5.78 Å². The molecule has 1 aliphatic heterocycles. The van der Waals surface area contributed by atoms with Gasteiger partial charge in [-0.05, 0) is 25.0 Å². The van der Waals surface area contributed by atoms with E-state index >= 15 is 0 Å². The van der Waals surface area contributed by atoms with E-state index in [1.807, 2.05) is 6.92 Å². The van der Waals surface area contributed by atoms with Crippen molar-refractivity contribution in [2.24, 2.45) is 11.8 Å². The van der Waals surface area contributed by atoms with E-state index in [-0.39, 0.29) is 35.4 Å². The highest BCUT2D eigenvalue weighted by Crippen LogP contribution is 2.47. The minimum absolute atomic E-state index is 0.0355. The van der Waals surface area contributed by atoms with Gasteiger partial charge in [0.25, 0.3) is 0 Å². The van der Waals surface area contributed by atoms with Gasteiger partial charge in [0.2, 0.25) is 0 Å².